The molecule has 2 aromatic rings. The fourth-order valence-corrected chi connectivity index (χ4v) is 3.06. The average molecular weight is 332 g/mol. The lowest BCUT2D eigenvalue weighted by Crippen LogP contribution is -2.47. The van der Waals surface area contributed by atoms with Crippen molar-refractivity contribution in [3.63, 3.8) is 0 Å². The monoisotopic (exact) mass is 332 g/mol. The van der Waals surface area contributed by atoms with Crippen LogP contribution in [0.3, 0.4) is 0 Å². The highest BCUT2D eigenvalue weighted by molar-refractivity contribution is 5.92. The van der Waals surface area contributed by atoms with Gasteiger partial charge in [-0.05, 0) is 33.8 Å². The zero-order valence-electron chi connectivity index (χ0n) is 14.7. The Morgan fingerprint density at radius 3 is 2.75 bits per heavy atom. The summed E-state index contributed by atoms with van der Waals surface area (Å²) in [5.74, 6) is 1.62. The summed E-state index contributed by atoms with van der Waals surface area (Å²) in [6.07, 6.45) is -0.0819. The van der Waals surface area contributed by atoms with Crippen LogP contribution in [0, 0.1) is 20.8 Å². The van der Waals surface area contributed by atoms with Crippen LogP contribution in [0.25, 0.3) is 0 Å². The van der Waals surface area contributed by atoms with E-state index in [2.05, 4.69) is 15.2 Å². The molecule has 1 saturated heterocycles. The number of aromatic nitrogens is 5. The number of hydrogen-bond acceptors (Lipinski definition) is 5. The van der Waals surface area contributed by atoms with Crippen molar-refractivity contribution in [2.75, 3.05) is 19.7 Å². The third-order valence-electron chi connectivity index (χ3n) is 4.19. The van der Waals surface area contributed by atoms with Crippen LogP contribution in [-0.4, -0.2) is 61.2 Å². The van der Waals surface area contributed by atoms with E-state index >= 15 is 0 Å². The van der Waals surface area contributed by atoms with E-state index in [-0.39, 0.29) is 12.0 Å². The molecule has 24 heavy (non-hydrogen) atoms. The maximum absolute atomic E-state index is 12.8. The molecule has 1 unspecified atom stereocenters. The summed E-state index contributed by atoms with van der Waals surface area (Å²) in [6, 6.07) is 1.85. The van der Waals surface area contributed by atoms with Crippen molar-refractivity contribution < 1.29 is 9.53 Å². The number of nitrogens with zero attached hydrogens (tertiary/aromatic N) is 6. The lowest BCUT2D eigenvalue weighted by Gasteiger charge is -2.33. The Bertz CT molecular complexity index is 735. The molecule has 1 aliphatic heterocycles. The van der Waals surface area contributed by atoms with Gasteiger partial charge in [-0.1, -0.05) is 0 Å². The fourth-order valence-electron chi connectivity index (χ4n) is 3.06. The van der Waals surface area contributed by atoms with Gasteiger partial charge in [0.2, 0.25) is 0 Å². The Balaban J connectivity index is 1.70. The molecule has 2 aromatic heterocycles. The van der Waals surface area contributed by atoms with Gasteiger partial charge in [0.1, 0.15) is 17.3 Å². The van der Waals surface area contributed by atoms with Crippen molar-refractivity contribution in [3.05, 3.63) is 29.1 Å². The van der Waals surface area contributed by atoms with Crippen LogP contribution in [0.4, 0.5) is 0 Å². The molecule has 1 fully saturated rings. The zero-order chi connectivity index (χ0) is 17.3. The Labute approximate surface area is 141 Å². The molecule has 3 heterocycles. The Hall–Kier alpha value is -2.22. The summed E-state index contributed by atoms with van der Waals surface area (Å²) in [5, 5.41) is 8.73. The van der Waals surface area contributed by atoms with E-state index in [9.17, 15) is 4.79 Å². The number of carbonyl (C=O) groups excluding carboxylic acids is 1. The number of amides is 1. The second kappa shape index (κ2) is 6.72. The molecule has 8 heteroatoms. The number of aryl methyl sites for hydroxylation is 4. The molecule has 1 aliphatic rings. The minimum atomic E-state index is -0.0819. The summed E-state index contributed by atoms with van der Waals surface area (Å²) in [7, 11) is 0. The van der Waals surface area contributed by atoms with Gasteiger partial charge in [0, 0.05) is 19.6 Å². The lowest BCUT2D eigenvalue weighted by atomic mass is 10.2. The van der Waals surface area contributed by atoms with E-state index in [1.165, 1.54) is 0 Å². The summed E-state index contributed by atoms with van der Waals surface area (Å²) in [5.41, 5.74) is 1.50. The first kappa shape index (κ1) is 16.6. The summed E-state index contributed by atoms with van der Waals surface area (Å²) in [6.45, 7) is 10.6. The summed E-state index contributed by atoms with van der Waals surface area (Å²) in [4.78, 5) is 19.0. The van der Waals surface area contributed by atoms with Crippen molar-refractivity contribution in [3.8, 4) is 0 Å². The summed E-state index contributed by atoms with van der Waals surface area (Å²) >= 11 is 0. The second-order valence-corrected chi connectivity index (χ2v) is 6.12. The van der Waals surface area contributed by atoms with E-state index in [0.29, 0.717) is 38.5 Å². The fraction of sp³-hybridized carbons (Fsp3) is 0.625. The van der Waals surface area contributed by atoms with Gasteiger partial charge in [-0.25, -0.2) is 9.67 Å². The van der Waals surface area contributed by atoms with Gasteiger partial charge < -0.3 is 9.64 Å². The van der Waals surface area contributed by atoms with Gasteiger partial charge in [-0.2, -0.15) is 10.2 Å². The Morgan fingerprint density at radius 2 is 2.08 bits per heavy atom. The highest BCUT2D eigenvalue weighted by Crippen LogP contribution is 2.14. The van der Waals surface area contributed by atoms with Gasteiger partial charge in [-0.3, -0.25) is 9.48 Å². The molecule has 0 N–H and O–H groups in total. The average Bonchev–Trinajstić information content (AvgIpc) is 3.08. The van der Waals surface area contributed by atoms with Crippen LogP contribution in [0.1, 0.15) is 34.8 Å². The summed E-state index contributed by atoms with van der Waals surface area (Å²) < 4.78 is 9.42. The number of hydrogen-bond donors (Lipinski definition) is 0. The second-order valence-electron chi connectivity index (χ2n) is 6.12. The maximum Gasteiger partial charge on any atom is 0.272 e. The first-order chi connectivity index (χ1) is 11.5. The van der Waals surface area contributed by atoms with E-state index in [0.717, 1.165) is 17.3 Å². The van der Waals surface area contributed by atoms with E-state index in [1.54, 1.807) is 4.68 Å². The molecule has 0 aliphatic carbocycles. The Kier molecular flexibility index (Phi) is 4.66. The zero-order valence-corrected chi connectivity index (χ0v) is 14.7. The van der Waals surface area contributed by atoms with Crippen molar-refractivity contribution in [2.45, 2.75) is 46.9 Å². The van der Waals surface area contributed by atoms with Gasteiger partial charge in [0.25, 0.3) is 5.91 Å². The molecule has 1 atom stereocenters. The molecular weight excluding hydrogens is 308 g/mol. The molecular formula is C16H24N6O2. The molecule has 0 aromatic carbocycles. The SMILES string of the molecule is CCn1nc(C)cc1C(=O)N1CCOC(Cn2nc(C)nc2C)C1. The largest absolute Gasteiger partial charge is 0.373 e. The number of rotatable bonds is 4. The van der Waals surface area contributed by atoms with E-state index in [1.807, 2.05) is 43.3 Å². The smallest absolute Gasteiger partial charge is 0.272 e. The molecule has 8 nitrogen and oxygen atoms in total. The highest BCUT2D eigenvalue weighted by Gasteiger charge is 2.28. The molecule has 3 rings (SSSR count). The third-order valence-corrected chi connectivity index (χ3v) is 4.19. The predicted molar refractivity (Wildman–Crippen MR) is 87.8 cm³/mol. The number of morpholine rings is 1. The molecule has 0 spiro atoms. The molecule has 0 bridgehead atoms. The lowest BCUT2D eigenvalue weighted by molar-refractivity contribution is -0.0306. The minimum absolute atomic E-state index is 0.0113. The molecule has 130 valence electrons. The van der Waals surface area contributed by atoms with Crippen LogP contribution < -0.4 is 0 Å². The van der Waals surface area contributed by atoms with Gasteiger partial charge >= 0.3 is 0 Å². The minimum Gasteiger partial charge on any atom is -0.373 e. The van der Waals surface area contributed by atoms with Crippen molar-refractivity contribution >= 4 is 5.91 Å². The molecule has 0 saturated carbocycles. The van der Waals surface area contributed by atoms with Gasteiger partial charge in [0.15, 0.2) is 0 Å². The third kappa shape index (κ3) is 3.33. The Morgan fingerprint density at radius 1 is 1.29 bits per heavy atom. The molecule has 1 amide bonds. The molecule has 0 radical (unpaired) electrons. The van der Waals surface area contributed by atoms with E-state index < -0.39 is 0 Å². The van der Waals surface area contributed by atoms with Crippen molar-refractivity contribution in [1.29, 1.82) is 0 Å². The van der Waals surface area contributed by atoms with Gasteiger partial charge in [-0.15, -0.1) is 0 Å². The van der Waals surface area contributed by atoms with Crippen molar-refractivity contribution in [1.82, 2.24) is 29.4 Å². The van der Waals surface area contributed by atoms with Crippen LogP contribution in [-0.2, 0) is 17.8 Å². The number of carbonyl (C=O) groups is 1. The van der Waals surface area contributed by atoms with E-state index in [4.69, 9.17) is 4.74 Å². The normalized spacial score (nSPS) is 18.2. The van der Waals surface area contributed by atoms with Crippen LogP contribution in [0.15, 0.2) is 6.07 Å². The van der Waals surface area contributed by atoms with Crippen LogP contribution in [0.5, 0.6) is 0 Å². The first-order valence-corrected chi connectivity index (χ1v) is 8.31. The predicted octanol–water partition coefficient (Wildman–Crippen LogP) is 0.961. The highest BCUT2D eigenvalue weighted by atomic mass is 16.5. The topological polar surface area (TPSA) is 78.1 Å². The quantitative estimate of drug-likeness (QED) is 0.833. The van der Waals surface area contributed by atoms with Gasteiger partial charge in [0.05, 0.1) is 24.9 Å². The van der Waals surface area contributed by atoms with Crippen LogP contribution in [0.2, 0.25) is 0 Å². The standard InChI is InChI=1S/C16H24N6O2/c1-5-21-15(8-11(2)18-21)16(23)20-6-7-24-14(9-20)10-22-13(4)17-12(3)19-22/h8,14H,5-7,9-10H2,1-4H3. The van der Waals surface area contributed by atoms with Crippen LogP contribution >= 0.6 is 0 Å². The number of ether oxygens (including phenoxy) is 1. The van der Waals surface area contributed by atoms with Crippen molar-refractivity contribution in [2.24, 2.45) is 0 Å². The first-order valence-electron chi connectivity index (χ1n) is 8.31. The maximum atomic E-state index is 12.8.